The summed E-state index contributed by atoms with van der Waals surface area (Å²) in [5.74, 6) is -0.158. The lowest BCUT2D eigenvalue weighted by molar-refractivity contribution is 0.624. The van der Waals surface area contributed by atoms with E-state index in [9.17, 15) is 4.39 Å². The average molecular weight is 271 g/mol. The van der Waals surface area contributed by atoms with Crippen molar-refractivity contribution in [3.8, 4) is 0 Å². The summed E-state index contributed by atoms with van der Waals surface area (Å²) in [6, 6.07) is 11.5. The summed E-state index contributed by atoms with van der Waals surface area (Å²) in [7, 11) is 0. The van der Waals surface area contributed by atoms with E-state index in [0.29, 0.717) is 0 Å². The maximum absolute atomic E-state index is 13.0. The summed E-state index contributed by atoms with van der Waals surface area (Å²) >= 11 is 0. The molecule has 0 radical (unpaired) electrons. The fraction of sp³-hybridized carbons (Fsp3) is 0.333. The van der Waals surface area contributed by atoms with E-state index in [4.69, 9.17) is 0 Å². The first-order valence-corrected chi connectivity index (χ1v) is 7.08. The van der Waals surface area contributed by atoms with Crippen LogP contribution in [0.3, 0.4) is 0 Å². The van der Waals surface area contributed by atoms with Gasteiger partial charge in [0.05, 0.1) is 0 Å². The molecular formula is C18H22FN. The molecule has 1 N–H and O–H groups in total. The lowest BCUT2D eigenvalue weighted by Crippen LogP contribution is -2.17. The minimum atomic E-state index is -0.158. The Labute approximate surface area is 120 Å². The maximum atomic E-state index is 13.0. The molecule has 0 fully saturated rings. The molecule has 2 aromatic rings. The minimum absolute atomic E-state index is 0.158. The Bertz CT molecular complexity index is 536. The number of benzene rings is 2. The highest BCUT2D eigenvalue weighted by molar-refractivity contribution is 5.30. The Morgan fingerprint density at radius 1 is 0.900 bits per heavy atom. The predicted octanol–water partition coefficient (Wildman–Crippen LogP) is 4.08. The molecule has 20 heavy (non-hydrogen) atoms. The zero-order valence-electron chi connectivity index (χ0n) is 12.5. The first-order chi connectivity index (χ1) is 9.56. The summed E-state index contributed by atoms with van der Waals surface area (Å²) in [5.41, 5.74) is 6.20. The Morgan fingerprint density at radius 3 is 2.30 bits per heavy atom. The quantitative estimate of drug-likeness (QED) is 0.808. The van der Waals surface area contributed by atoms with Gasteiger partial charge in [-0.15, -0.1) is 0 Å². The van der Waals surface area contributed by atoms with Crippen molar-refractivity contribution in [3.63, 3.8) is 0 Å². The van der Waals surface area contributed by atoms with Crippen molar-refractivity contribution in [3.05, 3.63) is 70.0 Å². The third kappa shape index (κ3) is 3.91. The molecule has 2 rings (SSSR count). The zero-order valence-corrected chi connectivity index (χ0v) is 12.5. The summed E-state index contributed by atoms with van der Waals surface area (Å²) < 4.78 is 13.0. The van der Waals surface area contributed by atoms with Gasteiger partial charge in [0.15, 0.2) is 0 Å². The van der Waals surface area contributed by atoms with Gasteiger partial charge in [0.2, 0.25) is 0 Å². The van der Waals surface area contributed by atoms with Gasteiger partial charge in [-0.3, -0.25) is 0 Å². The van der Waals surface area contributed by atoms with E-state index in [1.807, 2.05) is 13.0 Å². The van der Waals surface area contributed by atoms with Gasteiger partial charge >= 0.3 is 0 Å². The smallest absolute Gasteiger partial charge is 0.123 e. The summed E-state index contributed by atoms with van der Waals surface area (Å²) in [6.45, 7) is 8.00. The predicted molar refractivity (Wildman–Crippen MR) is 82.5 cm³/mol. The van der Waals surface area contributed by atoms with Gasteiger partial charge in [0.1, 0.15) is 5.82 Å². The second-order valence-corrected chi connectivity index (χ2v) is 5.43. The third-order valence-corrected chi connectivity index (χ3v) is 3.69. The second-order valence-electron chi connectivity index (χ2n) is 5.43. The molecule has 0 bridgehead atoms. The van der Waals surface area contributed by atoms with Crippen LogP contribution in [0.5, 0.6) is 0 Å². The highest BCUT2D eigenvalue weighted by atomic mass is 19.1. The molecule has 0 aliphatic rings. The van der Waals surface area contributed by atoms with E-state index in [0.717, 1.165) is 25.1 Å². The number of hydrogen-bond donors (Lipinski definition) is 1. The molecule has 0 aliphatic heterocycles. The van der Waals surface area contributed by atoms with Crippen LogP contribution in [0.15, 0.2) is 36.4 Å². The fourth-order valence-corrected chi connectivity index (χ4v) is 2.43. The van der Waals surface area contributed by atoms with Crippen LogP contribution in [0.1, 0.15) is 27.8 Å². The monoisotopic (exact) mass is 271 g/mol. The van der Waals surface area contributed by atoms with Crippen LogP contribution < -0.4 is 5.32 Å². The van der Waals surface area contributed by atoms with Gasteiger partial charge in [0.25, 0.3) is 0 Å². The highest BCUT2D eigenvalue weighted by Crippen LogP contribution is 2.12. The van der Waals surface area contributed by atoms with Crippen LogP contribution in [-0.4, -0.2) is 6.54 Å². The van der Waals surface area contributed by atoms with Crippen LogP contribution in [0, 0.1) is 26.6 Å². The largest absolute Gasteiger partial charge is 0.312 e. The molecule has 0 unspecified atom stereocenters. The second kappa shape index (κ2) is 6.67. The van der Waals surface area contributed by atoms with Crippen molar-refractivity contribution in [2.45, 2.75) is 33.7 Å². The van der Waals surface area contributed by atoms with Gasteiger partial charge in [-0.05, 0) is 68.1 Å². The van der Waals surface area contributed by atoms with Crippen molar-refractivity contribution < 1.29 is 4.39 Å². The zero-order chi connectivity index (χ0) is 14.5. The van der Waals surface area contributed by atoms with Gasteiger partial charge in [-0.1, -0.05) is 29.8 Å². The third-order valence-electron chi connectivity index (χ3n) is 3.69. The van der Waals surface area contributed by atoms with Crippen molar-refractivity contribution in [2.24, 2.45) is 0 Å². The molecule has 0 atom stereocenters. The van der Waals surface area contributed by atoms with Gasteiger partial charge < -0.3 is 5.32 Å². The number of rotatable bonds is 5. The molecule has 1 nitrogen and oxygen atoms in total. The van der Waals surface area contributed by atoms with Crippen molar-refractivity contribution >= 4 is 0 Å². The standard InChI is InChI=1S/C18H22FN/c1-13-4-5-17(14(2)10-13)12-20-9-8-16-6-7-18(19)11-15(16)3/h4-7,10-11,20H,8-9,12H2,1-3H3. The first-order valence-electron chi connectivity index (χ1n) is 7.08. The molecule has 2 aromatic carbocycles. The lowest BCUT2D eigenvalue weighted by atomic mass is 10.0. The van der Waals surface area contributed by atoms with E-state index < -0.39 is 0 Å². The summed E-state index contributed by atoms with van der Waals surface area (Å²) in [5, 5.41) is 3.46. The van der Waals surface area contributed by atoms with Crippen LogP contribution >= 0.6 is 0 Å². The molecule has 0 amide bonds. The van der Waals surface area contributed by atoms with Gasteiger partial charge in [-0.25, -0.2) is 4.39 Å². The normalized spacial score (nSPS) is 10.8. The Hall–Kier alpha value is -1.67. The Kier molecular flexibility index (Phi) is 4.91. The lowest BCUT2D eigenvalue weighted by Gasteiger charge is -2.10. The SMILES string of the molecule is Cc1ccc(CNCCc2ccc(F)cc2C)c(C)c1. The van der Waals surface area contributed by atoms with Gasteiger partial charge in [0, 0.05) is 6.54 Å². The van der Waals surface area contributed by atoms with E-state index in [1.54, 1.807) is 6.07 Å². The van der Waals surface area contributed by atoms with Crippen LogP contribution in [0.4, 0.5) is 4.39 Å². The molecule has 0 aromatic heterocycles. The number of aryl methyl sites for hydroxylation is 3. The molecule has 0 heterocycles. The van der Waals surface area contributed by atoms with Crippen LogP contribution in [0.2, 0.25) is 0 Å². The molecule has 2 heteroatoms. The molecule has 0 saturated carbocycles. The van der Waals surface area contributed by atoms with Crippen LogP contribution in [0.25, 0.3) is 0 Å². The van der Waals surface area contributed by atoms with E-state index in [-0.39, 0.29) is 5.82 Å². The van der Waals surface area contributed by atoms with Crippen molar-refractivity contribution in [2.75, 3.05) is 6.54 Å². The fourth-order valence-electron chi connectivity index (χ4n) is 2.43. The number of halogens is 1. The summed E-state index contributed by atoms with van der Waals surface area (Å²) in [4.78, 5) is 0. The highest BCUT2D eigenvalue weighted by Gasteiger charge is 2.01. The topological polar surface area (TPSA) is 12.0 Å². The van der Waals surface area contributed by atoms with E-state index >= 15 is 0 Å². The number of nitrogens with one attached hydrogen (secondary N) is 1. The average Bonchev–Trinajstić information content (AvgIpc) is 2.39. The number of hydrogen-bond acceptors (Lipinski definition) is 1. The van der Waals surface area contributed by atoms with Crippen molar-refractivity contribution in [1.82, 2.24) is 5.32 Å². The van der Waals surface area contributed by atoms with Crippen LogP contribution in [-0.2, 0) is 13.0 Å². The molecule has 0 spiro atoms. The minimum Gasteiger partial charge on any atom is -0.312 e. The Morgan fingerprint density at radius 2 is 1.60 bits per heavy atom. The van der Waals surface area contributed by atoms with Gasteiger partial charge in [-0.2, -0.15) is 0 Å². The summed E-state index contributed by atoms with van der Waals surface area (Å²) in [6.07, 6.45) is 0.928. The molecule has 0 aliphatic carbocycles. The first kappa shape index (κ1) is 14.7. The van der Waals surface area contributed by atoms with E-state index in [2.05, 4.69) is 37.4 Å². The molecular weight excluding hydrogens is 249 g/mol. The van der Waals surface area contributed by atoms with E-state index in [1.165, 1.54) is 28.3 Å². The Balaban J connectivity index is 1.84. The molecule has 0 saturated heterocycles. The van der Waals surface area contributed by atoms with Crippen molar-refractivity contribution in [1.29, 1.82) is 0 Å². The molecule has 106 valence electrons. The maximum Gasteiger partial charge on any atom is 0.123 e.